The number of hydrogen-bond acceptors (Lipinski definition) is 4. The minimum absolute atomic E-state index is 0.0883. The van der Waals surface area contributed by atoms with Crippen molar-refractivity contribution in [3.63, 3.8) is 0 Å². The van der Waals surface area contributed by atoms with E-state index in [-0.39, 0.29) is 13.2 Å². The molecule has 3 N–H and O–H groups in total. The van der Waals surface area contributed by atoms with E-state index in [0.717, 1.165) is 5.56 Å². The van der Waals surface area contributed by atoms with E-state index in [1.165, 1.54) is 11.1 Å². The van der Waals surface area contributed by atoms with Gasteiger partial charge in [-0.15, -0.1) is 0 Å². The average molecular weight is 231 g/mol. The lowest BCUT2D eigenvalue weighted by molar-refractivity contribution is 0.152. The fourth-order valence-electron chi connectivity index (χ4n) is 1.38. The molecule has 0 saturated carbocycles. The topological polar surface area (TPSA) is 62.4 Å². The number of nitrogens with two attached hydrogens (primary N) is 1. The lowest BCUT2D eigenvalue weighted by Gasteiger charge is -2.24. The van der Waals surface area contributed by atoms with E-state index < -0.39 is 13.0 Å². The zero-order chi connectivity index (χ0) is 12.1. The molecule has 0 unspecified atom stereocenters. The van der Waals surface area contributed by atoms with Crippen LogP contribution in [0.4, 0.5) is 20.3 Å². The first-order valence-corrected chi connectivity index (χ1v) is 4.91. The van der Waals surface area contributed by atoms with Gasteiger partial charge in [-0.2, -0.15) is 0 Å². The van der Waals surface area contributed by atoms with Crippen LogP contribution in [-0.4, -0.2) is 36.2 Å². The summed E-state index contributed by atoms with van der Waals surface area (Å²) in [4.78, 5) is 5.25. The highest BCUT2D eigenvalue weighted by Gasteiger charge is 2.16. The summed E-state index contributed by atoms with van der Waals surface area (Å²) in [5, 5.41) is 8.82. The zero-order valence-corrected chi connectivity index (χ0v) is 9.03. The van der Waals surface area contributed by atoms with E-state index in [9.17, 15) is 8.78 Å². The van der Waals surface area contributed by atoms with Crippen LogP contribution >= 0.6 is 0 Å². The monoisotopic (exact) mass is 231 g/mol. The normalized spacial score (nSPS) is 10.8. The third kappa shape index (κ3) is 3.03. The van der Waals surface area contributed by atoms with Crippen molar-refractivity contribution in [1.29, 1.82) is 0 Å². The van der Waals surface area contributed by atoms with E-state index in [1.54, 1.807) is 13.0 Å². The number of rotatable bonds is 5. The maximum absolute atomic E-state index is 12.3. The second-order valence-corrected chi connectivity index (χ2v) is 3.43. The number of aromatic nitrogens is 1. The number of anilines is 2. The lowest BCUT2D eigenvalue weighted by Crippen LogP contribution is -2.33. The van der Waals surface area contributed by atoms with Crippen LogP contribution in [0.25, 0.3) is 0 Å². The van der Waals surface area contributed by atoms with Crippen LogP contribution in [-0.2, 0) is 0 Å². The first-order valence-electron chi connectivity index (χ1n) is 4.91. The number of alkyl halides is 2. The van der Waals surface area contributed by atoms with Gasteiger partial charge in [0.15, 0.2) is 5.82 Å². The van der Waals surface area contributed by atoms with E-state index in [1.807, 2.05) is 0 Å². The summed E-state index contributed by atoms with van der Waals surface area (Å²) in [5.74, 6) is 0.300. The zero-order valence-electron chi connectivity index (χ0n) is 9.03. The van der Waals surface area contributed by atoms with Crippen LogP contribution in [0, 0.1) is 6.92 Å². The summed E-state index contributed by atoms with van der Waals surface area (Å²) in [7, 11) is 0. The third-order valence-corrected chi connectivity index (χ3v) is 2.21. The molecular weight excluding hydrogens is 216 g/mol. The van der Waals surface area contributed by atoms with E-state index >= 15 is 0 Å². The Kier molecular flexibility index (Phi) is 4.42. The molecule has 0 spiro atoms. The Labute approximate surface area is 92.7 Å². The molecule has 6 heteroatoms. The molecule has 4 nitrogen and oxygen atoms in total. The van der Waals surface area contributed by atoms with Crippen LogP contribution in [0.3, 0.4) is 0 Å². The maximum atomic E-state index is 12.3. The predicted molar refractivity (Wildman–Crippen MR) is 58.7 cm³/mol. The number of halogens is 2. The largest absolute Gasteiger partial charge is 0.396 e. The van der Waals surface area contributed by atoms with Crippen LogP contribution in [0.2, 0.25) is 0 Å². The predicted octanol–water partition coefficient (Wildman–Crippen LogP) is 1.04. The highest BCUT2D eigenvalue weighted by molar-refractivity contribution is 5.66. The summed E-state index contributed by atoms with van der Waals surface area (Å²) >= 11 is 0. The summed E-state index contributed by atoms with van der Waals surface area (Å²) in [6.07, 6.45) is -0.982. The van der Waals surface area contributed by atoms with E-state index in [0.29, 0.717) is 11.5 Å². The first-order chi connectivity index (χ1) is 7.56. The highest BCUT2D eigenvalue weighted by Crippen LogP contribution is 2.23. The Bertz CT molecular complexity index is 347. The lowest BCUT2D eigenvalue weighted by atomic mass is 10.2. The summed E-state index contributed by atoms with van der Waals surface area (Å²) in [6, 6.07) is 1.71. The van der Waals surface area contributed by atoms with Gasteiger partial charge in [0, 0.05) is 12.7 Å². The molecule has 1 aromatic rings. The molecule has 0 fully saturated rings. The fraction of sp³-hybridized carbons (Fsp3) is 0.500. The second kappa shape index (κ2) is 5.60. The molecule has 1 rings (SSSR count). The quantitative estimate of drug-likeness (QED) is 0.794. The minimum atomic E-state index is -2.49. The molecule has 0 aliphatic heterocycles. The van der Waals surface area contributed by atoms with Crippen molar-refractivity contribution in [3.8, 4) is 0 Å². The molecule has 0 aliphatic rings. The van der Waals surface area contributed by atoms with Crippen molar-refractivity contribution in [3.05, 3.63) is 17.8 Å². The number of pyridine rings is 1. The summed E-state index contributed by atoms with van der Waals surface area (Å²) in [6.45, 7) is 1.16. The van der Waals surface area contributed by atoms with Crippen molar-refractivity contribution in [2.75, 3.05) is 30.3 Å². The highest BCUT2D eigenvalue weighted by atomic mass is 19.3. The van der Waals surface area contributed by atoms with Gasteiger partial charge in [-0.05, 0) is 18.6 Å². The molecule has 0 atom stereocenters. The SMILES string of the molecule is Cc1ccnc(N(CCO)CC(F)F)c1N. The molecule has 0 aromatic carbocycles. The molecule has 90 valence electrons. The number of aliphatic hydroxyl groups is 1. The third-order valence-electron chi connectivity index (χ3n) is 2.21. The van der Waals surface area contributed by atoms with Crippen molar-refractivity contribution in [2.45, 2.75) is 13.3 Å². The minimum Gasteiger partial charge on any atom is -0.396 e. The van der Waals surface area contributed by atoms with Gasteiger partial charge < -0.3 is 15.7 Å². The van der Waals surface area contributed by atoms with Crippen molar-refractivity contribution in [1.82, 2.24) is 4.98 Å². The first kappa shape index (κ1) is 12.6. The van der Waals surface area contributed by atoms with E-state index in [4.69, 9.17) is 10.8 Å². The van der Waals surface area contributed by atoms with Crippen LogP contribution in [0.5, 0.6) is 0 Å². The molecule has 1 heterocycles. The molecule has 0 radical (unpaired) electrons. The number of hydrogen-bond donors (Lipinski definition) is 2. The Morgan fingerprint density at radius 3 is 2.81 bits per heavy atom. The van der Waals surface area contributed by atoms with Crippen molar-refractivity contribution in [2.24, 2.45) is 0 Å². The van der Waals surface area contributed by atoms with Gasteiger partial charge in [-0.25, -0.2) is 13.8 Å². The maximum Gasteiger partial charge on any atom is 0.255 e. The van der Waals surface area contributed by atoms with Crippen LogP contribution < -0.4 is 10.6 Å². The van der Waals surface area contributed by atoms with E-state index in [2.05, 4.69) is 4.98 Å². The fourth-order valence-corrected chi connectivity index (χ4v) is 1.38. The smallest absolute Gasteiger partial charge is 0.255 e. The Morgan fingerprint density at radius 2 is 2.25 bits per heavy atom. The molecule has 0 aliphatic carbocycles. The van der Waals surface area contributed by atoms with Gasteiger partial charge >= 0.3 is 0 Å². The molecule has 0 bridgehead atoms. The average Bonchev–Trinajstić information content (AvgIpc) is 2.21. The van der Waals surface area contributed by atoms with Gasteiger partial charge in [-0.3, -0.25) is 0 Å². The van der Waals surface area contributed by atoms with Gasteiger partial charge in [0.05, 0.1) is 18.8 Å². The summed E-state index contributed by atoms with van der Waals surface area (Å²) < 4.78 is 24.7. The second-order valence-electron chi connectivity index (χ2n) is 3.43. The summed E-state index contributed by atoms with van der Waals surface area (Å²) in [5.41, 5.74) is 6.91. The molecule has 16 heavy (non-hydrogen) atoms. The molecular formula is C10H15F2N3O. The van der Waals surface area contributed by atoms with Gasteiger partial charge in [-0.1, -0.05) is 0 Å². The molecule has 0 saturated heterocycles. The van der Waals surface area contributed by atoms with Crippen LogP contribution in [0.1, 0.15) is 5.56 Å². The molecule has 1 aromatic heterocycles. The van der Waals surface area contributed by atoms with Crippen LogP contribution in [0.15, 0.2) is 12.3 Å². The van der Waals surface area contributed by atoms with Gasteiger partial charge in [0.1, 0.15) is 0 Å². The molecule has 0 amide bonds. The standard InChI is InChI=1S/C10H15F2N3O/c1-7-2-3-14-10(9(7)13)15(4-5-16)6-8(11)12/h2-3,8,16H,4-6,13H2,1H3. The van der Waals surface area contributed by atoms with Crippen molar-refractivity contribution < 1.29 is 13.9 Å². The number of nitrogen functional groups attached to an aromatic ring is 1. The van der Waals surface area contributed by atoms with Gasteiger partial charge in [0.2, 0.25) is 0 Å². The number of aliphatic hydroxyl groups excluding tert-OH is 1. The number of aryl methyl sites for hydroxylation is 1. The van der Waals surface area contributed by atoms with Crippen molar-refractivity contribution >= 4 is 11.5 Å². The number of nitrogens with zero attached hydrogens (tertiary/aromatic N) is 2. The Balaban J connectivity index is 2.96. The van der Waals surface area contributed by atoms with Gasteiger partial charge in [0.25, 0.3) is 6.43 Å². The Hall–Kier alpha value is -1.43. The Morgan fingerprint density at radius 1 is 1.56 bits per heavy atom.